The molecular formula is C14H13F3N4. The van der Waals surface area contributed by atoms with E-state index in [0.717, 1.165) is 25.1 Å². The zero-order valence-electron chi connectivity index (χ0n) is 12.0. The molecule has 0 aliphatic carbocycles. The molecule has 1 aromatic carbocycles. The van der Waals surface area contributed by atoms with E-state index in [0.29, 0.717) is 11.9 Å². The molecule has 1 aliphatic heterocycles. The number of benzene rings is 1. The molecular weight excluding hydrogens is 281 g/mol. The predicted molar refractivity (Wildman–Crippen MR) is 72.2 cm³/mol. The van der Waals surface area contributed by atoms with E-state index in [4.69, 9.17) is 1.37 Å². The van der Waals surface area contributed by atoms with Crippen molar-refractivity contribution >= 4 is 11.6 Å². The average Bonchev–Trinajstić information content (AvgIpc) is 2.46. The van der Waals surface area contributed by atoms with Gasteiger partial charge in [-0.2, -0.15) is 13.2 Å². The van der Waals surface area contributed by atoms with Gasteiger partial charge in [-0.05, 0) is 36.2 Å². The Morgan fingerprint density at radius 3 is 2.86 bits per heavy atom. The zero-order valence-corrected chi connectivity index (χ0v) is 11.0. The molecule has 0 amide bonds. The van der Waals surface area contributed by atoms with Gasteiger partial charge in [0.05, 0.1) is 6.93 Å². The molecule has 2 heterocycles. The number of hydrogen-bond donors (Lipinski definition) is 2. The van der Waals surface area contributed by atoms with Crippen LogP contribution in [-0.4, -0.2) is 16.5 Å². The summed E-state index contributed by atoms with van der Waals surface area (Å²) in [5.74, 6) is -0.0262. The largest absolute Gasteiger partial charge is 0.419 e. The van der Waals surface area contributed by atoms with E-state index < -0.39 is 17.9 Å². The summed E-state index contributed by atoms with van der Waals surface area (Å²) < 4.78 is 45.1. The van der Waals surface area contributed by atoms with Crippen LogP contribution in [-0.2, 0) is 19.1 Å². The first-order valence-corrected chi connectivity index (χ1v) is 6.44. The van der Waals surface area contributed by atoms with E-state index in [2.05, 4.69) is 20.6 Å². The second kappa shape index (κ2) is 5.33. The Kier molecular flexibility index (Phi) is 3.19. The Hall–Kier alpha value is -2.15. The van der Waals surface area contributed by atoms with E-state index in [9.17, 15) is 13.2 Å². The van der Waals surface area contributed by atoms with Crippen LogP contribution in [0, 0.1) is 0 Å². The molecule has 0 bridgehead atoms. The molecule has 2 aromatic rings. The Morgan fingerprint density at radius 2 is 2.10 bits per heavy atom. The van der Waals surface area contributed by atoms with Crippen LogP contribution in [0.25, 0.3) is 0 Å². The molecule has 0 atom stereocenters. The number of hydrogen-bond acceptors (Lipinski definition) is 4. The average molecular weight is 295 g/mol. The van der Waals surface area contributed by atoms with Gasteiger partial charge in [-0.25, -0.2) is 9.97 Å². The molecule has 4 nitrogen and oxygen atoms in total. The van der Waals surface area contributed by atoms with Gasteiger partial charge in [-0.1, -0.05) is 6.07 Å². The highest BCUT2D eigenvalue weighted by atomic mass is 19.4. The first-order chi connectivity index (χ1) is 10.4. The fourth-order valence-electron chi connectivity index (χ4n) is 2.18. The molecule has 1 aliphatic rings. The van der Waals surface area contributed by atoms with Crippen LogP contribution in [0.5, 0.6) is 0 Å². The molecule has 110 valence electrons. The van der Waals surface area contributed by atoms with Gasteiger partial charge in [0.2, 0.25) is 5.95 Å². The van der Waals surface area contributed by atoms with Crippen molar-refractivity contribution in [1.29, 1.82) is 0 Å². The van der Waals surface area contributed by atoms with Crippen LogP contribution in [0.1, 0.15) is 18.1 Å². The van der Waals surface area contributed by atoms with Crippen molar-refractivity contribution in [2.24, 2.45) is 0 Å². The van der Waals surface area contributed by atoms with Crippen LogP contribution in [0.15, 0.2) is 30.6 Å². The van der Waals surface area contributed by atoms with Gasteiger partial charge in [-0.15, -0.1) is 0 Å². The SMILES string of the molecule is [2H]c1nc(Nc2ccc3c(c2)CNCC3)ncc1C(F)(F)F. The number of aromatic nitrogens is 2. The highest BCUT2D eigenvalue weighted by molar-refractivity contribution is 5.56. The molecule has 3 rings (SSSR count). The predicted octanol–water partition coefficient (Wildman–Crippen LogP) is 2.88. The molecule has 0 spiro atoms. The number of rotatable bonds is 2. The first kappa shape index (κ1) is 12.6. The molecule has 2 N–H and O–H groups in total. The molecule has 7 heteroatoms. The van der Waals surface area contributed by atoms with Gasteiger partial charge in [0.25, 0.3) is 0 Å². The van der Waals surface area contributed by atoms with Crippen molar-refractivity contribution in [3.63, 3.8) is 0 Å². The van der Waals surface area contributed by atoms with Crippen LogP contribution in [0.2, 0.25) is 0 Å². The number of fused-ring (bicyclic) bond motifs is 1. The van der Waals surface area contributed by atoms with Gasteiger partial charge in [-0.3, -0.25) is 0 Å². The van der Waals surface area contributed by atoms with Crippen molar-refractivity contribution in [2.45, 2.75) is 19.1 Å². The second-order valence-corrected chi connectivity index (χ2v) is 4.75. The topological polar surface area (TPSA) is 49.8 Å². The maximum absolute atomic E-state index is 12.6. The minimum absolute atomic E-state index is 0.0262. The smallest absolute Gasteiger partial charge is 0.324 e. The van der Waals surface area contributed by atoms with Gasteiger partial charge in [0, 0.05) is 24.6 Å². The van der Waals surface area contributed by atoms with E-state index in [1.54, 1.807) is 0 Å². The van der Waals surface area contributed by atoms with E-state index >= 15 is 0 Å². The van der Waals surface area contributed by atoms with Crippen molar-refractivity contribution in [2.75, 3.05) is 11.9 Å². The minimum atomic E-state index is -4.62. The molecule has 0 saturated carbocycles. The summed E-state index contributed by atoms with van der Waals surface area (Å²) in [7, 11) is 0. The summed E-state index contributed by atoms with van der Waals surface area (Å²) in [6.07, 6.45) is -3.89. The van der Waals surface area contributed by atoms with Crippen molar-refractivity contribution in [1.82, 2.24) is 15.3 Å². The lowest BCUT2D eigenvalue weighted by atomic mass is 10.0. The lowest BCUT2D eigenvalue weighted by Crippen LogP contribution is -2.23. The summed E-state index contributed by atoms with van der Waals surface area (Å²) in [6, 6.07) is 5.71. The van der Waals surface area contributed by atoms with Crippen LogP contribution in [0.3, 0.4) is 0 Å². The third kappa shape index (κ3) is 3.13. The van der Waals surface area contributed by atoms with Crippen molar-refractivity contribution < 1.29 is 14.5 Å². The summed E-state index contributed by atoms with van der Waals surface area (Å²) >= 11 is 0. The van der Waals surface area contributed by atoms with Crippen LogP contribution in [0.4, 0.5) is 24.8 Å². The van der Waals surface area contributed by atoms with Crippen molar-refractivity contribution in [3.05, 3.63) is 47.3 Å². The zero-order chi connectivity index (χ0) is 15.7. The van der Waals surface area contributed by atoms with E-state index in [1.807, 2.05) is 18.2 Å². The minimum Gasteiger partial charge on any atom is -0.324 e. The Labute approximate surface area is 120 Å². The van der Waals surface area contributed by atoms with E-state index in [-0.39, 0.29) is 5.95 Å². The Morgan fingerprint density at radius 1 is 1.24 bits per heavy atom. The van der Waals surface area contributed by atoms with Crippen LogP contribution < -0.4 is 10.6 Å². The molecule has 0 unspecified atom stereocenters. The maximum Gasteiger partial charge on any atom is 0.419 e. The standard InChI is InChI=1S/C14H13F3N4/c15-14(16,17)11-7-19-13(20-8-11)21-12-2-1-9-3-4-18-6-10(9)5-12/h1-2,5,7-8,18H,3-4,6H2,(H,19,20,21)/i7D. The number of halogens is 3. The number of anilines is 2. The fraction of sp³-hybridized carbons (Fsp3) is 0.286. The number of nitrogens with zero attached hydrogens (tertiary/aromatic N) is 2. The molecule has 0 saturated heterocycles. The number of alkyl halides is 3. The molecule has 0 radical (unpaired) electrons. The highest BCUT2D eigenvalue weighted by Crippen LogP contribution is 2.28. The lowest BCUT2D eigenvalue weighted by Gasteiger charge is -2.18. The second-order valence-electron chi connectivity index (χ2n) is 4.75. The van der Waals surface area contributed by atoms with Crippen molar-refractivity contribution in [3.8, 4) is 0 Å². The summed E-state index contributed by atoms with van der Waals surface area (Å²) in [4.78, 5) is 7.19. The summed E-state index contributed by atoms with van der Waals surface area (Å²) in [5, 5.41) is 6.09. The monoisotopic (exact) mass is 295 g/mol. The third-order valence-corrected chi connectivity index (χ3v) is 3.25. The first-order valence-electron chi connectivity index (χ1n) is 6.94. The van der Waals surface area contributed by atoms with Gasteiger partial charge >= 0.3 is 6.18 Å². The lowest BCUT2D eigenvalue weighted by molar-refractivity contribution is -0.138. The highest BCUT2D eigenvalue weighted by Gasteiger charge is 2.31. The maximum atomic E-state index is 12.6. The quantitative estimate of drug-likeness (QED) is 0.894. The van der Waals surface area contributed by atoms with Gasteiger partial charge in [0.15, 0.2) is 0 Å². The third-order valence-electron chi connectivity index (χ3n) is 3.25. The van der Waals surface area contributed by atoms with Crippen LogP contribution >= 0.6 is 0 Å². The number of nitrogens with one attached hydrogen (secondary N) is 2. The van der Waals surface area contributed by atoms with E-state index in [1.165, 1.54) is 5.56 Å². The summed E-state index contributed by atoms with van der Waals surface area (Å²) in [5.41, 5.74) is 1.92. The Bertz CT molecular complexity index is 703. The molecule has 21 heavy (non-hydrogen) atoms. The normalized spacial score (nSPS) is 15.3. The van der Waals surface area contributed by atoms with Gasteiger partial charge in [0.1, 0.15) is 0 Å². The fourth-order valence-corrected chi connectivity index (χ4v) is 2.18. The molecule has 0 fully saturated rings. The molecule has 1 aromatic heterocycles. The summed E-state index contributed by atoms with van der Waals surface area (Å²) in [6.45, 7) is 1.69. The Balaban J connectivity index is 1.83. The van der Waals surface area contributed by atoms with Gasteiger partial charge < -0.3 is 10.6 Å².